The maximum atomic E-state index is 12.4. The van der Waals surface area contributed by atoms with Crippen molar-refractivity contribution < 1.29 is 13.2 Å². The number of halogens is 1. The highest BCUT2D eigenvalue weighted by Gasteiger charge is 2.69. The van der Waals surface area contributed by atoms with Gasteiger partial charge in [-0.2, -0.15) is 0 Å². The van der Waals surface area contributed by atoms with Crippen LogP contribution in [0.5, 0.6) is 0 Å². The highest BCUT2D eigenvalue weighted by molar-refractivity contribution is 7.92. The van der Waals surface area contributed by atoms with Gasteiger partial charge in [0.1, 0.15) is 0 Å². The van der Waals surface area contributed by atoms with Crippen molar-refractivity contribution in [3.8, 4) is 0 Å². The highest BCUT2D eigenvalue weighted by atomic mass is 35.5. The molecule has 0 spiro atoms. The van der Waals surface area contributed by atoms with Crippen LogP contribution in [-0.4, -0.2) is 39.2 Å². The standard InChI is InChI=1S/C15H22ClNO3S/c1-3-20-10-15(9-17)13(14(15)21(18,19)4-2)11-5-7-12(16)8-6-11/h5-8,13-14H,3-4,9-10,17H2,1-2H3/t13-,14+,15+/m1/s1. The van der Waals surface area contributed by atoms with Gasteiger partial charge in [0.15, 0.2) is 9.84 Å². The Morgan fingerprint density at radius 1 is 1.29 bits per heavy atom. The Morgan fingerprint density at radius 3 is 2.38 bits per heavy atom. The van der Waals surface area contributed by atoms with Crippen molar-refractivity contribution >= 4 is 21.4 Å². The molecule has 0 saturated heterocycles. The van der Waals surface area contributed by atoms with Gasteiger partial charge in [-0.05, 0) is 24.6 Å². The quantitative estimate of drug-likeness (QED) is 0.831. The molecule has 1 aliphatic carbocycles. The number of nitrogens with two attached hydrogens (primary N) is 1. The molecule has 2 rings (SSSR count). The maximum Gasteiger partial charge on any atom is 0.154 e. The van der Waals surface area contributed by atoms with Crippen LogP contribution in [0.4, 0.5) is 0 Å². The van der Waals surface area contributed by atoms with Crippen LogP contribution in [0.3, 0.4) is 0 Å². The van der Waals surface area contributed by atoms with Crippen LogP contribution >= 0.6 is 11.6 Å². The molecule has 3 atom stereocenters. The van der Waals surface area contributed by atoms with Crippen molar-refractivity contribution in [3.05, 3.63) is 34.9 Å². The van der Waals surface area contributed by atoms with E-state index in [0.29, 0.717) is 24.8 Å². The van der Waals surface area contributed by atoms with E-state index in [1.54, 1.807) is 19.1 Å². The lowest BCUT2D eigenvalue weighted by Crippen LogP contribution is -2.29. The zero-order valence-electron chi connectivity index (χ0n) is 12.4. The number of sulfone groups is 1. The number of hydrogen-bond acceptors (Lipinski definition) is 4. The van der Waals surface area contributed by atoms with Gasteiger partial charge in [-0.3, -0.25) is 0 Å². The van der Waals surface area contributed by atoms with Gasteiger partial charge in [-0.1, -0.05) is 30.7 Å². The van der Waals surface area contributed by atoms with E-state index in [4.69, 9.17) is 22.1 Å². The van der Waals surface area contributed by atoms with Crippen molar-refractivity contribution in [3.63, 3.8) is 0 Å². The van der Waals surface area contributed by atoms with Gasteiger partial charge in [0.2, 0.25) is 0 Å². The lowest BCUT2D eigenvalue weighted by atomic mass is 10.00. The normalized spacial score (nSPS) is 28.6. The molecule has 2 N–H and O–H groups in total. The summed E-state index contributed by atoms with van der Waals surface area (Å²) in [5, 5.41) is 0.171. The van der Waals surface area contributed by atoms with Crippen LogP contribution < -0.4 is 5.73 Å². The fraction of sp³-hybridized carbons (Fsp3) is 0.600. The predicted octanol–water partition coefficient (Wildman–Crippen LogP) is 2.22. The molecule has 1 saturated carbocycles. The van der Waals surface area contributed by atoms with Gasteiger partial charge in [0.05, 0.1) is 11.9 Å². The molecule has 1 aromatic rings. The van der Waals surface area contributed by atoms with Crippen molar-refractivity contribution in [1.29, 1.82) is 0 Å². The van der Waals surface area contributed by atoms with Gasteiger partial charge in [0.25, 0.3) is 0 Å². The smallest absolute Gasteiger partial charge is 0.154 e. The molecular weight excluding hydrogens is 310 g/mol. The largest absolute Gasteiger partial charge is 0.381 e. The first-order valence-corrected chi connectivity index (χ1v) is 9.27. The Bertz CT molecular complexity index is 587. The first-order valence-electron chi connectivity index (χ1n) is 7.17. The van der Waals surface area contributed by atoms with Crippen molar-refractivity contribution in [2.75, 3.05) is 25.5 Å². The molecule has 0 bridgehead atoms. The summed E-state index contributed by atoms with van der Waals surface area (Å²) in [5.41, 5.74) is 6.39. The summed E-state index contributed by atoms with van der Waals surface area (Å²) in [6.07, 6.45) is 0. The molecule has 118 valence electrons. The van der Waals surface area contributed by atoms with Crippen LogP contribution in [0.2, 0.25) is 5.02 Å². The molecule has 0 amide bonds. The zero-order chi connectivity index (χ0) is 15.7. The third-order valence-electron chi connectivity index (χ3n) is 4.35. The average molecular weight is 332 g/mol. The van der Waals surface area contributed by atoms with E-state index in [1.165, 1.54) is 0 Å². The summed E-state index contributed by atoms with van der Waals surface area (Å²) in [5.74, 6) is 0.00610. The second kappa shape index (κ2) is 6.24. The summed E-state index contributed by atoms with van der Waals surface area (Å²) in [6.45, 7) is 4.79. The summed E-state index contributed by atoms with van der Waals surface area (Å²) < 4.78 is 30.4. The minimum atomic E-state index is -3.18. The Balaban J connectivity index is 2.38. The van der Waals surface area contributed by atoms with Crippen molar-refractivity contribution in [2.45, 2.75) is 25.0 Å². The van der Waals surface area contributed by atoms with Crippen LogP contribution in [0, 0.1) is 5.41 Å². The number of ether oxygens (including phenoxy) is 1. The Kier molecular flexibility index (Phi) is 4.98. The third-order valence-corrected chi connectivity index (χ3v) is 6.93. The number of benzene rings is 1. The van der Waals surface area contributed by atoms with Crippen LogP contribution in [-0.2, 0) is 14.6 Å². The molecular formula is C15H22ClNO3S. The number of hydrogen-bond donors (Lipinski definition) is 1. The molecule has 4 nitrogen and oxygen atoms in total. The van der Waals surface area contributed by atoms with Crippen LogP contribution in [0.25, 0.3) is 0 Å². The molecule has 1 aliphatic rings. The molecule has 0 heterocycles. The van der Waals surface area contributed by atoms with Gasteiger partial charge in [0, 0.05) is 35.3 Å². The molecule has 0 unspecified atom stereocenters. The Hall–Kier alpha value is -0.620. The van der Waals surface area contributed by atoms with E-state index in [1.807, 2.05) is 19.1 Å². The zero-order valence-corrected chi connectivity index (χ0v) is 14.0. The van der Waals surface area contributed by atoms with E-state index in [2.05, 4.69) is 0 Å². The molecule has 1 fully saturated rings. The lowest BCUT2D eigenvalue weighted by molar-refractivity contribution is 0.101. The van der Waals surface area contributed by atoms with Crippen molar-refractivity contribution in [1.82, 2.24) is 0 Å². The second-order valence-corrected chi connectivity index (χ2v) is 8.32. The summed E-state index contributed by atoms with van der Waals surface area (Å²) in [4.78, 5) is 0. The number of rotatable bonds is 7. The Labute approximate surface area is 131 Å². The molecule has 0 aliphatic heterocycles. The van der Waals surface area contributed by atoms with Crippen molar-refractivity contribution in [2.24, 2.45) is 11.1 Å². The van der Waals surface area contributed by atoms with Crippen LogP contribution in [0.15, 0.2) is 24.3 Å². The summed E-state index contributed by atoms with van der Waals surface area (Å²) in [6, 6.07) is 7.34. The average Bonchev–Trinajstić information content (AvgIpc) is 3.16. The van der Waals surface area contributed by atoms with Gasteiger partial charge >= 0.3 is 0 Å². The SMILES string of the molecule is CCOC[C@@]1(CN)[C@H](c2ccc(Cl)cc2)[C@@H]1S(=O)(=O)CC. The van der Waals surface area contributed by atoms with Gasteiger partial charge in [-0.15, -0.1) is 0 Å². The molecule has 0 aromatic heterocycles. The fourth-order valence-corrected chi connectivity index (χ4v) is 5.42. The van der Waals surface area contributed by atoms with E-state index >= 15 is 0 Å². The lowest BCUT2D eigenvalue weighted by Gasteiger charge is -2.15. The Morgan fingerprint density at radius 2 is 1.90 bits per heavy atom. The van der Waals surface area contributed by atoms with Crippen LogP contribution in [0.1, 0.15) is 25.3 Å². The molecule has 21 heavy (non-hydrogen) atoms. The van der Waals surface area contributed by atoms with E-state index in [9.17, 15) is 8.42 Å². The summed E-state index contributed by atoms with van der Waals surface area (Å²) >= 11 is 5.91. The first kappa shape index (κ1) is 16.7. The molecule has 6 heteroatoms. The van der Waals surface area contributed by atoms with Gasteiger partial charge in [-0.25, -0.2) is 8.42 Å². The van der Waals surface area contributed by atoms with E-state index < -0.39 is 20.5 Å². The van der Waals surface area contributed by atoms with E-state index in [-0.39, 0.29) is 11.7 Å². The summed E-state index contributed by atoms with van der Waals surface area (Å²) in [7, 11) is -3.18. The van der Waals surface area contributed by atoms with E-state index in [0.717, 1.165) is 5.56 Å². The van der Waals surface area contributed by atoms with Gasteiger partial charge < -0.3 is 10.5 Å². The minimum Gasteiger partial charge on any atom is -0.381 e. The predicted molar refractivity (Wildman–Crippen MR) is 85.4 cm³/mol. The minimum absolute atomic E-state index is 0.115. The molecule has 1 aromatic carbocycles. The topological polar surface area (TPSA) is 69.4 Å². The second-order valence-electron chi connectivity index (χ2n) is 5.48. The highest BCUT2D eigenvalue weighted by Crippen LogP contribution is 2.62. The first-order chi connectivity index (χ1) is 9.93. The fourth-order valence-electron chi connectivity index (χ4n) is 3.14. The third kappa shape index (κ3) is 2.97. The monoisotopic (exact) mass is 331 g/mol. The maximum absolute atomic E-state index is 12.4. The molecule has 0 radical (unpaired) electrons.